The second-order valence-corrected chi connectivity index (χ2v) is 8.32. The summed E-state index contributed by atoms with van der Waals surface area (Å²) in [7, 11) is 1.55. The smallest absolute Gasteiger partial charge is 0.257 e. The van der Waals surface area contributed by atoms with Crippen molar-refractivity contribution in [3.05, 3.63) is 76.1 Å². The molecule has 3 N–H and O–H groups in total. The number of H-pyrrole nitrogens is 1. The van der Waals surface area contributed by atoms with Gasteiger partial charge in [-0.25, -0.2) is 4.98 Å². The second kappa shape index (κ2) is 9.69. The van der Waals surface area contributed by atoms with Gasteiger partial charge >= 0.3 is 0 Å². The first kappa shape index (κ1) is 21.6. The lowest BCUT2D eigenvalue weighted by molar-refractivity contribution is -0.123. The molecule has 0 spiro atoms. The topological polar surface area (TPSA) is 113 Å². The third kappa shape index (κ3) is 5.00. The van der Waals surface area contributed by atoms with E-state index in [0.717, 1.165) is 6.42 Å². The van der Waals surface area contributed by atoms with E-state index in [4.69, 9.17) is 4.74 Å². The summed E-state index contributed by atoms with van der Waals surface area (Å²) in [4.78, 5) is 45.1. The normalized spacial score (nSPS) is 14.9. The minimum Gasteiger partial charge on any atom is -0.497 e. The Morgan fingerprint density at radius 3 is 2.62 bits per heavy atom. The van der Waals surface area contributed by atoms with Crippen molar-refractivity contribution in [3.63, 3.8) is 0 Å². The van der Waals surface area contributed by atoms with Crippen molar-refractivity contribution in [2.75, 3.05) is 23.5 Å². The summed E-state index contributed by atoms with van der Waals surface area (Å²) in [5.41, 5.74) is 1.47. The van der Waals surface area contributed by atoms with E-state index in [2.05, 4.69) is 20.6 Å². The number of benzene rings is 2. The maximum atomic E-state index is 12.9. The standard InChI is InChI=1S/C23H22N4O4S/c1-31-16-9-7-15(8-10-16)24-21(29)17-13-18(28)25-20-19(17)22(30)27-23(26-20)32-12-11-14-5-3-2-4-6-14/h2-10,17H,11-13H2,1H3,(H,24,29)(H2,25,26,27,28,30)/t17-/m1/s1. The van der Waals surface area contributed by atoms with Crippen molar-refractivity contribution in [2.45, 2.75) is 23.9 Å². The molecule has 0 aliphatic carbocycles. The first-order chi connectivity index (χ1) is 15.5. The Kier molecular flexibility index (Phi) is 6.55. The van der Waals surface area contributed by atoms with Crippen LogP contribution in [0.3, 0.4) is 0 Å². The van der Waals surface area contributed by atoms with E-state index in [1.54, 1.807) is 31.4 Å². The quantitative estimate of drug-likeness (QED) is 0.376. The SMILES string of the molecule is COc1ccc(NC(=O)[C@@H]2CC(=O)Nc3nc(SCCc4ccccc4)[nH]c(=O)c32)cc1. The van der Waals surface area contributed by atoms with Crippen LogP contribution in [0, 0.1) is 0 Å². The highest BCUT2D eigenvalue weighted by atomic mass is 32.2. The number of anilines is 2. The molecule has 4 rings (SSSR count). The van der Waals surface area contributed by atoms with Gasteiger partial charge < -0.3 is 20.4 Å². The molecule has 9 heteroatoms. The highest BCUT2D eigenvalue weighted by Crippen LogP contribution is 2.30. The van der Waals surface area contributed by atoms with Crippen LogP contribution in [0.15, 0.2) is 64.5 Å². The molecule has 164 valence electrons. The summed E-state index contributed by atoms with van der Waals surface area (Å²) in [6.07, 6.45) is 0.686. The predicted octanol–water partition coefficient (Wildman–Crippen LogP) is 3.18. The molecule has 0 fully saturated rings. The summed E-state index contributed by atoms with van der Waals surface area (Å²) in [6.45, 7) is 0. The number of nitrogens with zero attached hydrogens (tertiary/aromatic N) is 1. The fourth-order valence-electron chi connectivity index (χ4n) is 3.46. The Balaban J connectivity index is 1.50. The van der Waals surface area contributed by atoms with Gasteiger partial charge in [-0.1, -0.05) is 42.1 Å². The zero-order valence-electron chi connectivity index (χ0n) is 17.4. The van der Waals surface area contributed by atoms with Crippen LogP contribution in [0.5, 0.6) is 5.75 Å². The predicted molar refractivity (Wildman–Crippen MR) is 123 cm³/mol. The molecular weight excluding hydrogens is 428 g/mol. The third-order valence-electron chi connectivity index (χ3n) is 5.08. The van der Waals surface area contributed by atoms with E-state index >= 15 is 0 Å². The van der Waals surface area contributed by atoms with Crippen molar-refractivity contribution >= 4 is 35.1 Å². The molecule has 1 aromatic heterocycles. The van der Waals surface area contributed by atoms with Crippen molar-refractivity contribution in [1.29, 1.82) is 0 Å². The van der Waals surface area contributed by atoms with E-state index in [9.17, 15) is 14.4 Å². The zero-order valence-corrected chi connectivity index (χ0v) is 18.2. The van der Waals surface area contributed by atoms with Crippen molar-refractivity contribution < 1.29 is 14.3 Å². The molecule has 8 nitrogen and oxygen atoms in total. The maximum absolute atomic E-state index is 12.9. The number of amides is 2. The largest absolute Gasteiger partial charge is 0.497 e. The zero-order chi connectivity index (χ0) is 22.5. The lowest BCUT2D eigenvalue weighted by Crippen LogP contribution is -2.36. The van der Waals surface area contributed by atoms with E-state index in [1.165, 1.54) is 17.3 Å². The van der Waals surface area contributed by atoms with E-state index in [-0.39, 0.29) is 23.7 Å². The van der Waals surface area contributed by atoms with Crippen LogP contribution in [0.1, 0.15) is 23.5 Å². The fourth-order valence-corrected chi connectivity index (χ4v) is 4.31. The number of hydrogen-bond acceptors (Lipinski definition) is 6. The van der Waals surface area contributed by atoms with Gasteiger partial charge in [-0.15, -0.1) is 0 Å². The number of aromatic amines is 1. The molecule has 1 aliphatic heterocycles. The number of nitrogens with one attached hydrogen (secondary N) is 3. The number of rotatable bonds is 7. The number of fused-ring (bicyclic) bond motifs is 1. The summed E-state index contributed by atoms with van der Waals surface area (Å²) < 4.78 is 5.11. The molecule has 0 saturated carbocycles. The molecule has 0 unspecified atom stereocenters. The minimum atomic E-state index is -0.930. The number of hydrogen-bond donors (Lipinski definition) is 3. The Morgan fingerprint density at radius 1 is 1.16 bits per heavy atom. The Hall–Kier alpha value is -3.59. The molecule has 2 heterocycles. The molecule has 32 heavy (non-hydrogen) atoms. The van der Waals surface area contributed by atoms with Crippen molar-refractivity contribution in [3.8, 4) is 5.75 Å². The Bertz CT molecular complexity index is 1180. The van der Waals surface area contributed by atoms with Gasteiger partial charge in [-0.2, -0.15) is 0 Å². The monoisotopic (exact) mass is 450 g/mol. The van der Waals surface area contributed by atoms with Gasteiger partial charge in [-0.05, 0) is 36.2 Å². The van der Waals surface area contributed by atoms with Crippen LogP contribution in [0.4, 0.5) is 11.5 Å². The summed E-state index contributed by atoms with van der Waals surface area (Å²) >= 11 is 1.39. The summed E-state index contributed by atoms with van der Waals surface area (Å²) in [6, 6.07) is 16.8. The van der Waals surface area contributed by atoms with Crippen LogP contribution in [0.25, 0.3) is 0 Å². The van der Waals surface area contributed by atoms with Crippen molar-refractivity contribution in [1.82, 2.24) is 9.97 Å². The molecule has 0 radical (unpaired) electrons. The van der Waals surface area contributed by atoms with Gasteiger partial charge in [0.15, 0.2) is 5.16 Å². The van der Waals surface area contributed by atoms with E-state index in [0.29, 0.717) is 22.3 Å². The molecule has 0 bridgehead atoms. The number of carbonyl (C=O) groups excluding carboxylic acids is 2. The average Bonchev–Trinajstić information content (AvgIpc) is 2.79. The molecule has 3 aromatic rings. The Morgan fingerprint density at radius 2 is 1.91 bits per heavy atom. The van der Waals surface area contributed by atoms with Crippen molar-refractivity contribution in [2.24, 2.45) is 0 Å². The van der Waals surface area contributed by atoms with Crippen LogP contribution < -0.4 is 20.9 Å². The highest BCUT2D eigenvalue weighted by molar-refractivity contribution is 7.99. The molecule has 2 aromatic carbocycles. The first-order valence-electron chi connectivity index (χ1n) is 10.1. The molecule has 1 atom stereocenters. The maximum Gasteiger partial charge on any atom is 0.257 e. The van der Waals surface area contributed by atoms with Crippen LogP contribution in [-0.4, -0.2) is 34.6 Å². The summed E-state index contributed by atoms with van der Waals surface area (Å²) in [5, 5.41) is 5.80. The van der Waals surface area contributed by atoms with Gasteiger partial charge in [0.25, 0.3) is 5.56 Å². The van der Waals surface area contributed by atoms with Gasteiger partial charge in [0.05, 0.1) is 18.6 Å². The number of methoxy groups -OCH3 is 1. The number of aromatic nitrogens is 2. The molecule has 1 aliphatic rings. The van der Waals surface area contributed by atoms with Gasteiger partial charge in [0, 0.05) is 17.9 Å². The van der Waals surface area contributed by atoms with E-state index in [1.807, 2.05) is 30.3 Å². The lowest BCUT2D eigenvalue weighted by atomic mass is 9.92. The highest BCUT2D eigenvalue weighted by Gasteiger charge is 2.34. The summed E-state index contributed by atoms with van der Waals surface area (Å²) in [5.74, 6) is -0.221. The van der Waals surface area contributed by atoms with Gasteiger partial charge in [0.2, 0.25) is 11.8 Å². The third-order valence-corrected chi connectivity index (χ3v) is 5.95. The van der Waals surface area contributed by atoms with Crippen LogP contribution >= 0.6 is 11.8 Å². The lowest BCUT2D eigenvalue weighted by Gasteiger charge is -2.23. The Labute approximate surface area is 188 Å². The van der Waals surface area contributed by atoms with E-state index < -0.39 is 17.4 Å². The molecular formula is C23H22N4O4S. The van der Waals surface area contributed by atoms with Gasteiger partial charge in [-0.3, -0.25) is 14.4 Å². The number of ether oxygens (including phenoxy) is 1. The first-order valence-corrected chi connectivity index (χ1v) is 11.1. The number of thioether (sulfide) groups is 1. The number of carbonyl (C=O) groups is 2. The molecule has 2 amide bonds. The fraction of sp³-hybridized carbons (Fsp3) is 0.217. The number of aryl methyl sites for hydroxylation is 1. The van der Waals surface area contributed by atoms with Gasteiger partial charge in [0.1, 0.15) is 11.6 Å². The van der Waals surface area contributed by atoms with Crippen LogP contribution in [-0.2, 0) is 16.0 Å². The minimum absolute atomic E-state index is 0.125. The molecule has 0 saturated heterocycles. The second-order valence-electron chi connectivity index (χ2n) is 7.24. The van der Waals surface area contributed by atoms with Crippen LogP contribution in [0.2, 0.25) is 0 Å². The average molecular weight is 451 g/mol.